The Morgan fingerprint density at radius 1 is 1.39 bits per heavy atom. The third-order valence-electron chi connectivity index (χ3n) is 4.01. The van der Waals surface area contributed by atoms with E-state index in [9.17, 15) is 17.6 Å². The largest absolute Gasteiger partial charge is 0.443 e. The van der Waals surface area contributed by atoms with Crippen molar-refractivity contribution >= 4 is 27.2 Å². The summed E-state index contributed by atoms with van der Waals surface area (Å²) in [5.74, 6) is -0.534. The second-order valence-corrected chi connectivity index (χ2v) is 7.84. The predicted molar refractivity (Wildman–Crippen MR) is 84.3 cm³/mol. The number of anilines is 1. The molecular formula is C15H17FN2O4S. The molecule has 1 aromatic carbocycles. The van der Waals surface area contributed by atoms with E-state index < -0.39 is 27.9 Å². The van der Waals surface area contributed by atoms with Gasteiger partial charge in [0, 0.05) is 12.1 Å². The summed E-state index contributed by atoms with van der Waals surface area (Å²) < 4.78 is 42.3. The van der Waals surface area contributed by atoms with Crippen molar-refractivity contribution in [2.45, 2.75) is 12.5 Å². The number of halogens is 1. The van der Waals surface area contributed by atoms with E-state index in [-0.39, 0.29) is 24.6 Å². The van der Waals surface area contributed by atoms with E-state index in [0.717, 1.165) is 0 Å². The number of nitrogens with zero attached hydrogens (tertiary/aromatic N) is 1. The third kappa shape index (κ3) is 3.23. The average molecular weight is 340 g/mol. The van der Waals surface area contributed by atoms with Crippen molar-refractivity contribution in [2.75, 3.05) is 29.5 Å². The van der Waals surface area contributed by atoms with Crippen LogP contribution in [0.1, 0.15) is 12.0 Å². The summed E-state index contributed by atoms with van der Waals surface area (Å²) in [6.07, 6.45) is 0.900. The van der Waals surface area contributed by atoms with Gasteiger partial charge in [0.15, 0.2) is 9.84 Å². The predicted octanol–water partition coefficient (Wildman–Crippen LogP) is 1.31. The van der Waals surface area contributed by atoms with Crippen LogP contribution in [0.15, 0.2) is 24.3 Å². The maximum atomic E-state index is 14.4. The van der Waals surface area contributed by atoms with Crippen LogP contribution in [0.2, 0.25) is 0 Å². The molecule has 1 saturated heterocycles. The molecule has 0 aromatic heterocycles. The molecule has 0 unspecified atom stereocenters. The Morgan fingerprint density at radius 3 is 2.74 bits per heavy atom. The van der Waals surface area contributed by atoms with Crippen LogP contribution in [0.3, 0.4) is 0 Å². The first kappa shape index (κ1) is 15.9. The summed E-state index contributed by atoms with van der Waals surface area (Å²) >= 11 is 0. The van der Waals surface area contributed by atoms with E-state index in [1.54, 1.807) is 18.2 Å². The highest BCUT2D eigenvalue weighted by Crippen LogP contribution is 2.29. The first-order chi connectivity index (χ1) is 10.9. The van der Waals surface area contributed by atoms with Crippen LogP contribution in [0.25, 0.3) is 5.57 Å². The molecule has 0 saturated carbocycles. The van der Waals surface area contributed by atoms with E-state index in [0.29, 0.717) is 23.2 Å². The lowest BCUT2D eigenvalue weighted by atomic mass is 10.0. The van der Waals surface area contributed by atoms with Crippen LogP contribution < -0.4 is 10.6 Å². The number of nitrogens with two attached hydrogens (primary N) is 1. The fourth-order valence-electron chi connectivity index (χ4n) is 2.71. The van der Waals surface area contributed by atoms with Gasteiger partial charge in [-0.25, -0.2) is 17.6 Å². The lowest BCUT2D eigenvalue weighted by molar-refractivity contribution is 0.145. The van der Waals surface area contributed by atoms with Gasteiger partial charge in [-0.1, -0.05) is 6.08 Å². The van der Waals surface area contributed by atoms with Crippen molar-refractivity contribution in [1.82, 2.24) is 0 Å². The van der Waals surface area contributed by atoms with Crippen molar-refractivity contribution in [3.63, 3.8) is 0 Å². The number of cyclic esters (lactones) is 1. The van der Waals surface area contributed by atoms with Crippen LogP contribution in [-0.2, 0) is 14.6 Å². The van der Waals surface area contributed by atoms with Gasteiger partial charge in [-0.3, -0.25) is 4.90 Å². The SMILES string of the molecule is NC[C@H]1CN(c2ccc(C3=CCS(=O)(=O)CC3)c(F)c2)C(=O)O1. The molecule has 0 aliphatic carbocycles. The molecule has 1 amide bonds. The number of hydrogen-bond donors (Lipinski definition) is 1. The monoisotopic (exact) mass is 340 g/mol. The van der Waals surface area contributed by atoms with Crippen molar-refractivity contribution in [1.29, 1.82) is 0 Å². The molecule has 1 atom stereocenters. The number of carbonyl (C=O) groups is 1. The van der Waals surface area contributed by atoms with Gasteiger partial charge in [-0.2, -0.15) is 0 Å². The molecule has 0 bridgehead atoms. The number of allylic oxidation sites excluding steroid dienone is 1. The van der Waals surface area contributed by atoms with Gasteiger partial charge in [-0.05, 0) is 30.2 Å². The molecule has 3 rings (SSSR count). The second kappa shape index (κ2) is 5.93. The van der Waals surface area contributed by atoms with Gasteiger partial charge < -0.3 is 10.5 Å². The fraction of sp³-hybridized carbons (Fsp3) is 0.400. The normalized spacial score (nSPS) is 23.6. The average Bonchev–Trinajstić information content (AvgIpc) is 2.89. The number of ether oxygens (including phenoxy) is 1. The van der Waals surface area contributed by atoms with Crippen molar-refractivity contribution in [3.05, 3.63) is 35.7 Å². The van der Waals surface area contributed by atoms with Gasteiger partial charge in [0.2, 0.25) is 0 Å². The van der Waals surface area contributed by atoms with Gasteiger partial charge in [0.05, 0.1) is 23.7 Å². The Hall–Kier alpha value is -1.93. The minimum absolute atomic E-state index is 0.0245. The minimum atomic E-state index is -3.05. The van der Waals surface area contributed by atoms with E-state index in [2.05, 4.69) is 0 Å². The van der Waals surface area contributed by atoms with Gasteiger partial charge in [-0.15, -0.1) is 0 Å². The molecule has 23 heavy (non-hydrogen) atoms. The van der Waals surface area contributed by atoms with Gasteiger partial charge in [0.25, 0.3) is 0 Å². The van der Waals surface area contributed by atoms with E-state index in [4.69, 9.17) is 10.5 Å². The first-order valence-electron chi connectivity index (χ1n) is 7.27. The molecule has 1 aromatic rings. The smallest absolute Gasteiger partial charge is 0.414 e. The van der Waals surface area contributed by atoms with Crippen LogP contribution in [0.4, 0.5) is 14.9 Å². The van der Waals surface area contributed by atoms with Gasteiger partial charge >= 0.3 is 6.09 Å². The topological polar surface area (TPSA) is 89.7 Å². The highest BCUT2D eigenvalue weighted by Gasteiger charge is 2.32. The molecule has 2 heterocycles. The number of benzene rings is 1. The van der Waals surface area contributed by atoms with Crippen molar-refractivity contribution in [3.8, 4) is 0 Å². The Kier molecular flexibility index (Phi) is 4.11. The molecule has 8 heteroatoms. The summed E-state index contributed by atoms with van der Waals surface area (Å²) in [7, 11) is -3.05. The third-order valence-corrected chi connectivity index (χ3v) is 5.51. The molecule has 0 spiro atoms. The standard InChI is InChI=1S/C15H17FN2O4S/c16-14-7-11(18-9-12(8-17)22-15(18)19)1-2-13(14)10-3-5-23(20,21)6-4-10/h1-3,7,12H,4-6,8-9,17H2/t12-/m0/s1. The summed E-state index contributed by atoms with van der Waals surface area (Å²) in [6.45, 7) is 0.499. The zero-order chi connectivity index (χ0) is 16.6. The zero-order valence-corrected chi connectivity index (χ0v) is 13.2. The summed E-state index contributed by atoms with van der Waals surface area (Å²) in [5.41, 5.74) is 6.92. The molecular weight excluding hydrogens is 323 g/mol. The van der Waals surface area contributed by atoms with Crippen LogP contribution in [0.5, 0.6) is 0 Å². The molecule has 2 aliphatic heterocycles. The minimum Gasteiger partial charge on any atom is -0.443 e. The van der Waals surface area contributed by atoms with Crippen LogP contribution in [-0.4, -0.2) is 45.2 Å². The Bertz CT molecular complexity index is 776. The Morgan fingerprint density at radius 2 is 2.17 bits per heavy atom. The highest BCUT2D eigenvalue weighted by atomic mass is 32.2. The van der Waals surface area contributed by atoms with Crippen LogP contribution in [0, 0.1) is 5.82 Å². The van der Waals surface area contributed by atoms with Crippen molar-refractivity contribution < 1.29 is 22.3 Å². The van der Waals surface area contributed by atoms with Gasteiger partial charge in [0.1, 0.15) is 11.9 Å². The number of rotatable bonds is 3. The van der Waals surface area contributed by atoms with Crippen molar-refractivity contribution in [2.24, 2.45) is 5.73 Å². The molecule has 6 nitrogen and oxygen atoms in total. The van der Waals surface area contributed by atoms with E-state index in [1.807, 2.05) is 0 Å². The summed E-state index contributed by atoms with van der Waals surface area (Å²) in [4.78, 5) is 13.1. The number of sulfone groups is 1. The fourth-order valence-corrected chi connectivity index (χ4v) is 3.86. The molecule has 124 valence electrons. The van der Waals surface area contributed by atoms with E-state index >= 15 is 0 Å². The second-order valence-electron chi connectivity index (χ2n) is 5.61. The highest BCUT2D eigenvalue weighted by molar-refractivity contribution is 7.91. The first-order valence-corrected chi connectivity index (χ1v) is 9.09. The molecule has 2 aliphatic rings. The zero-order valence-electron chi connectivity index (χ0n) is 12.4. The maximum absolute atomic E-state index is 14.4. The molecule has 1 fully saturated rings. The quantitative estimate of drug-likeness (QED) is 0.896. The Labute approximate surface area is 133 Å². The maximum Gasteiger partial charge on any atom is 0.414 e. The number of hydrogen-bond acceptors (Lipinski definition) is 5. The lowest BCUT2D eigenvalue weighted by Crippen LogP contribution is -2.27. The van der Waals surface area contributed by atoms with E-state index in [1.165, 1.54) is 11.0 Å². The number of amides is 1. The molecule has 0 radical (unpaired) electrons. The van der Waals surface area contributed by atoms with Crippen LogP contribution >= 0.6 is 0 Å². The summed E-state index contributed by atoms with van der Waals surface area (Å²) in [5, 5.41) is 0. The lowest BCUT2D eigenvalue weighted by Gasteiger charge is -2.17. The number of carbonyl (C=O) groups excluding carboxylic acids is 1. The summed E-state index contributed by atoms with van der Waals surface area (Å²) in [6, 6.07) is 4.46. The molecule has 2 N–H and O–H groups in total. The Balaban J connectivity index is 1.85.